The monoisotopic (exact) mass is 435 g/mol. The Kier molecular flexibility index (Phi) is 5.78. The van der Waals surface area contributed by atoms with Gasteiger partial charge < -0.3 is 8.92 Å². The van der Waals surface area contributed by atoms with E-state index in [-0.39, 0.29) is 16.6 Å². The molecule has 28 heavy (non-hydrogen) atoms. The molecule has 0 atom stereocenters. The van der Waals surface area contributed by atoms with Crippen molar-refractivity contribution < 1.29 is 22.1 Å². The molecule has 0 unspecified atom stereocenters. The SMILES string of the molecule is COc1ccc(OS(=O)(=O)c2ccc(C)cc2)c(/C=C2/SC(=S)N(C)C2=O)c1. The molecule has 0 spiro atoms. The van der Waals surface area contributed by atoms with Crippen molar-refractivity contribution in [3.8, 4) is 11.5 Å². The summed E-state index contributed by atoms with van der Waals surface area (Å²) in [5.41, 5.74) is 1.33. The standard InChI is InChI=1S/C19H17NO5S3/c1-12-4-7-15(8-5-12)28(22,23)25-16-9-6-14(24-3)10-13(16)11-17-18(21)20(2)19(26)27-17/h4-11H,1-3H3/b17-11+. The number of ether oxygens (including phenoxy) is 1. The summed E-state index contributed by atoms with van der Waals surface area (Å²) in [6, 6.07) is 11.0. The quantitative estimate of drug-likeness (QED) is 0.404. The lowest BCUT2D eigenvalue weighted by Crippen LogP contribution is -2.22. The summed E-state index contributed by atoms with van der Waals surface area (Å²) in [6.07, 6.45) is 1.55. The second kappa shape index (κ2) is 7.94. The molecule has 0 aromatic heterocycles. The fourth-order valence-electron chi connectivity index (χ4n) is 2.40. The maximum Gasteiger partial charge on any atom is 0.339 e. The zero-order valence-electron chi connectivity index (χ0n) is 15.3. The topological polar surface area (TPSA) is 72.9 Å². The van der Waals surface area contributed by atoms with E-state index in [4.69, 9.17) is 21.1 Å². The van der Waals surface area contributed by atoms with Gasteiger partial charge in [-0.1, -0.05) is 41.7 Å². The highest BCUT2D eigenvalue weighted by Gasteiger charge is 2.29. The van der Waals surface area contributed by atoms with E-state index in [1.54, 1.807) is 37.4 Å². The van der Waals surface area contributed by atoms with E-state index in [9.17, 15) is 13.2 Å². The number of carbonyl (C=O) groups excluding carboxylic acids is 1. The number of rotatable bonds is 5. The first-order valence-electron chi connectivity index (χ1n) is 8.12. The van der Waals surface area contributed by atoms with Gasteiger partial charge in [-0.15, -0.1) is 0 Å². The molecular formula is C19H17NO5S3. The summed E-state index contributed by atoms with van der Waals surface area (Å²) in [6.45, 7) is 1.86. The molecule has 1 saturated heterocycles. The van der Waals surface area contributed by atoms with Crippen molar-refractivity contribution in [3.05, 3.63) is 58.5 Å². The molecular weight excluding hydrogens is 418 g/mol. The number of thioether (sulfide) groups is 1. The molecule has 0 aliphatic carbocycles. The summed E-state index contributed by atoms with van der Waals surface area (Å²) >= 11 is 6.27. The molecule has 1 aliphatic heterocycles. The Morgan fingerprint density at radius 3 is 2.39 bits per heavy atom. The van der Waals surface area contributed by atoms with Crippen LogP contribution in [0.1, 0.15) is 11.1 Å². The average molecular weight is 436 g/mol. The second-order valence-corrected chi connectivity index (χ2v) is 9.22. The number of hydrogen-bond acceptors (Lipinski definition) is 7. The smallest absolute Gasteiger partial charge is 0.339 e. The number of likely N-dealkylation sites (N-methyl/N-ethyl adjacent to an activating group) is 1. The molecule has 3 rings (SSSR count). The van der Waals surface area contributed by atoms with Gasteiger partial charge in [0.25, 0.3) is 5.91 Å². The van der Waals surface area contributed by atoms with Gasteiger partial charge in [-0.2, -0.15) is 8.42 Å². The minimum absolute atomic E-state index is 0.0414. The number of thiocarbonyl (C=S) groups is 1. The van der Waals surface area contributed by atoms with E-state index in [1.807, 2.05) is 6.92 Å². The molecule has 0 saturated carbocycles. The number of benzene rings is 2. The van der Waals surface area contributed by atoms with Crippen LogP contribution in [0.4, 0.5) is 0 Å². The van der Waals surface area contributed by atoms with Crippen LogP contribution in [-0.2, 0) is 14.9 Å². The molecule has 1 amide bonds. The second-order valence-electron chi connectivity index (χ2n) is 5.99. The Morgan fingerprint density at radius 1 is 1.14 bits per heavy atom. The normalized spacial score (nSPS) is 16.0. The third-order valence-corrected chi connectivity index (χ3v) is 6.73. The Balaban J connectivity index is 2.01. The number of aryl methyl sites for hydroxylation is 1. The fraction of sp³-hybridized carbons (Fsp3) is 0.158. The minimum Gasteiger partial charge on any atom is -0.497 e. The van der Waals surface area contributed by atoms with Gasteiger partial charge in [-0.05, 0) is 43.3 Å². The van der Waals surface area contributed by atoms with Crippen LogP contribution in [0.25, 0.3) is 6.08 Å². The van der Waals surface area contributed by atoms with Crippen molar-refractivity contribution >= 4 is 50.4 Å². The van der Waals surface area contributed by atoms with Crippen molar-refractivity contribution in [1.29, 1.82) is 0 Å². The minimum atomic E-state index is -4.04. The lowest BCUT2D eigenvalue weighted by atomic mass is 10.1. The number of amides is 1. The maximum absolute atomic E-state index is 12.6. The van der Waals surface area contributed by atoms with Gasteiger partial charge in [0.2, 0.25) is 0 Å². The summed E-state index contributed by atoms with van der Waals surface area (Å²) in [4.78, 5) is 14.1. The number of carbonyl (C=O) groups is 1. The lowest BCUT2D eigenvalue weighted by molar-refractivity contribution is -0.121. The number of methoxy groups -OCH3 is 1. The van der Waals surface area contributed by atoms with Crippen LogP contribution in [-0.4, -0.2) is 37.7 Å². The predicted octanol–water partition coefficient (Wildman–Crippen LogP) is 3.60. The van der Waals surface area contributed by atoms with Crippen molar-refractivity contribution in [2.75, 3.05) is 14.2 Å². The van der Waals surface area contributed by atoms with Crippen LogP contribution in [0.3, 0.4) is 0 Å². The first-order chi connectivity index (χ1) is 13.2. The molecule has 2 aromatic carbocycles. The van der Waals surface area contributed by atoms with E-state index in [2.05, 4.69) is 0 Å². The highest BCUT2D eigenvalue weighted by atomic mass is 32.2. The molecule has 146 valence electrons. The number of hydrogen-bond donors (Lipinski definition) is 0. The van der Waals surface area contributed by atoms with E-state index in [0.717, 1.165) is 17.3 Å². The molecule has 6 nitrogen and oxygen atoms in total. The van der Waals surface area contributed by atoms with Crippen molar-refractivity contribution in [2.24, 2.45) is 0 Å². The van der Waals surface area contributed by atoms with E-state index < -0.39 is 10.1 Å². The Morgan fingerprint density at radius 2 is 1.82 bits per heavy atom. The fourth-order valence-corrected chi connectivity index (χ4v) is 4.52. The van der Waals surface area contributed by atoms with E-state index in [1.165, 1.54) is 30.2 Å². The van der Waals surface area contributed by atoms with Crippen LogP contribution in [0.15, 0.2) is 52.3 Å². The van der Waals surface area contributed by atoms with Crippen molar-refractivity contribution in [2.45, 2.75) is 11.8 Å². The molecule has 1 heterocycles. The summed E-state index contributed by atoms with van der Waals surface area (Å²) in [5.74, 6) is 0.325. The molecule has 2 aromatic rings. The zero-order chi connectivity index (χ0) is 20.5. The average Bonchev–Trinajstić information content (AvgIpc) is 2.90. The van der Waals surface area contributed by atoms with Gasteiger partial charge in [-0.3, -0.25) is 9.69 Å². The highest BCUT2D eigenvalue weighted by molar-refractivity contribution is 8.26. The van der Waals surface area contributed by atoms with Gasteiger partial charge in [0.1, 0.15) is 15.0 Å². The largest absolute Gasteiger partial charge is 0.497 e. The molecule has 1 aliphatic rings. The highest BCUT2D eigenvalue weighted by Crippen LogP contribution is 2.35. The van der Waals surface area contributed by atoms with Crippen LogP contribution in [0, 0.1) is 6.92 Å². The first kappa shape index (κ1) is 20.4. The molecule has 0 bridgehead atoms. The molecule has 0 radical (unpaired) electrons. The van der Waals surface area contributed by atoms with Crippen LogP contribution in [0.5, 0.6) is 11.5 Å². The van der Waals surface area contributed by atoms with Crippen LogP contribution in [0.2, 0.25) is 0 Å². The van der Waals surface area contributed by atoms with Gasteiger partial charge in [0, 0.05) is 12.6 Å². The van der Waals surface area contributed by atoms with E-state index >= 15 is 0 Å². The first-order valence-corrected chi connectivity index (χ1v) is 10.8. The summed E-state index contributed by atoms with van der Waals surface area (Å²) in [5, 5.41) is 0. The van der Waals surface area contributed by atoms with Crippen molar-refractivity contribution in [3.63, 3.8) is 0 Å². The Labute approximate surface area is 173 Å². The summed E-state index contributed by atoms with van der Waals surface area (Å²) in [7, 11) is -0.958. The van der Waals surface area contributed by atoms with Crippen LogP contribution >= 0.6 is 24.0 Å². The van der Waals surface area contributed by atoms with Gasteiger partial charge in [-0.25, -0.2) is 0 Å². The Hall–Kier alpha value is -2.36. The van der Waals surface area contributed by atoms with Gasteiger partial charge >= 0.3 is 10.1 Å². The third-order valence-electron chi connectivity index (χ3n) is 4.00. The Bertz CT molecular complexity index is 1080. The van der Waals surface area contributed by atoms with E-state index in [0.29, 0.717) is 20.5 Å². The van der Waals surface area contributed by atoms with Gasteiger partial charge in [0.05, 0.1) is 12.0 Å². The molecule has 9 heteroatoms. The summed E-state index contributed by atoms with van der Waals surface area (Å²) < 4.78 is 36.3. The van der Waals surface area contributed by atoms with Crippen LogP contribution < -0.4 is 8.92 Å². The molecule has 0 N–H and O–H groups in total. The predicted molar refractivity (Wildman–Crippen MR) is 113 cm³/mol. The lowest BCUT2D eigenvalue weighted by Gasteiger charge is -2.11. The third kappa shape index (κ3) is 4.21. The maximum atomic E-state index is 12.6. The van der Waals surface area contributed by atoms with Gasteiger partial charge in [0.15, 0.2) is 5.75 Å². The molecule has 1 fully saturated rings. The zero-order valence-corrected chi connectivity index (χ0v) is 17.8. The number of nitrogens with zero attached hydrogens (tertiary/aromatic N) is 1. The van der Waals surface area contributed by atoms with Crippen molar-refractivity contribution in [1.82, 2.24) is 4.90 Å².